The maximum atomic E-state index is 4.44. The van der Waals surface area contributed by atoms with E-state index < -0.39 is 0 Å². The Hall–Kier alpha value is -0.665. The molecule has 1 aliphatic rings. The van der Waals surface area contributed by atoms with Crippen LogP contribution in [0.15, 0.2) is 30.1 Å². The first-order valence-corrected chi connectivity index (χ1v) is 3.74. The number of hydrogen-bond donors (Lipinski definition) is 0. The third-order valence-corrected chi connectivity index (χ3v) is 1.21. The molecule has 3 heteroatoms. The van der Waals surface area contributed by atoms with E-state index in [4.69, 9.17) is 0 Å². The molecule has 1 aromatic rings. The fourth-order valence-corrected chi connectivity index (χ4v) is 0.680. The third-order valence-electron chi connectivity index (χ3n) is 1.21. The van der Waals surface area contributed by atoms with Crippen LogP contribution in [0.3, 0.4) is 0 Å². The molecule has 1 aromatic heterocycles. The average molecular weight is 150 g/mol. The van der Waals surface area contributed by atoms with Crippen molar-refractivity contribution in [2.75, 3.05) is 13.2 Å². The van der Waals surface area contributed by atoms with Gasteiger partial charge >= 0.3 is 37.0 Å². The summed E-state index contributed by atoms with van der Waals surface area (Å²) >= 11 is 0. The van der Waals surface area contributed by atoms with Crippen molar-refractivity contribution >= 4 is 6.91 Å². The maximum absolute atomic E-state index is 4.44. The van der Waals surface area contributed by atoms with Gasteiger partial charge in [-0.2, -0.15) is 0 Å². The van der Waals surface area contributed by atoms with Crippen molar-refractivity contribution in [3.63, 3.8) is 0 Å². The molecule has 0 radical (unpaired) electrons. The van der Waals surface area contributed by atoms with Crippen molar-refractivity contribution in [2.24, 2.45) is 0 Å². The molecule has 0 bridgehead atoms. The molecule has 1 fully saturated rings. The molecule has 1 saturated heterocycles. The monoisotopic (exact) mass is 150 g/mol. The Bertz CT molecular complexity index is 129. The van der Waals surface area contributed by atoms with Crippen LogP contribution in [-0.2, 0) is 9.78 Å². The number of rotatable bonds is 0. The summed E-state index contributed by atoms with van der Waals surface area (Å²) in [7, 11) is 0. The van der Waals surface area contributed by atoms with Crippen LogP contribution >= 0.6 is 0 Å². The molecule has 2 rings (SSSR count). The van der Waals surface area contributed by atoms with E-state index >= 15 is 0 Å². The van der Waals surface area contributed by atoms with E-state index in [-0.39, 0.29) is 0 Å². The molecule has 0 saturated carbocycles. The van der Waals surface area contributed by atoms with Gasteiger partial charge in [0, 0.05) is 6.42 Å². The topological polar surface area (TPSA) is 18.5 Å². The van der Waals surface area contributed by atoms with Crippen LogP contribution in [0.25, 0.3) is 0 Å². The minimum absolute atomic E-state index is 0.778. The molecular weight excluding hydrogens is 139 g/mol. The van der Waals surface area contributed by atoms with E-state index in [0.717, 1.165) is 19.6 Å². The molecular formula is C8H11BO2. The van der Waals surface area contributed by atoms with Crippen LogP contribution in [0.1, 0.15) is 6.42 Å². The molecule has 2 nitrogen and oxygen atoms in total. The van der Waals surface area contributed by atoms with Gasteiger partial charge in [0.05, 0.1) is 13.2 Å². The van der Waals surface area contributed by atoms with Crippen LogP contribution in [0.4, 0.5) is 0 Å². The predicted molar refractivity (Wildman–Crippen MR) is 44.3 cm³/mol. The van der Waals surface area contributed by atoms with E-state index in [1.165, 1.54) is 0 Å². The van der Waals surface area contributed by atoms with E-state index in [1.54, 1.807) is 0 Å². The second kappa shape index (κ2) is 6.07. The van der Waals surface area contributed by atoms with Gasteiger partial charge in [-0.3, -0.25) is 0 Å². The normalized spacial score (nSPS) is 14.9. The predicted octanol–water partition coefficient (Wildman–Crippen LogP) is 1.36. The van der Waals surface area contributed by atoms with Gasteiger partial charge in [0.15, 0.2) is 0 Å². The molecule has 0 unspecified atom stereocenters. The summed E-state index contributed by atoms with van der Waals surface area (Å²) in [5, 5.41) is 0. The van der Waals surface area contributed by atoms with Crippen molar-refractivity contribution in [3.8, 4) is 0 Å². The fourth-order valence-electron chi connectivity index (χ4n) is 0.680. The van der Waals surface area contributed by atoms with Gasteiger partial charge < -0.3 is 0 Å². The summed E-state index contributed by atoms with van der Waals surface area (Å²) in [5.74, 6) is 4.00. The van der Waals surface area contributed by atoms with Gasteiger partial charge in [-0.15, -0.1) is 0 Å². The van der Waals surface area contributed by atoms with Crippen LogP contribution < -0.4 is 0 Å². The molecule has 0 N–H and O–H groups in total. The molecule has 2 heterocycles. The zero-order valence-electron chi connectivity index (χ0n) is 6.40. The number of hydrogen-bond acceptors (Lipinski definition) is 2. The van der Waals surface area contributed by atoms with E-state index in [2.05, 4.69) is 9.78 Å². The third kappa shape index (κ3) is 4.70. The Labute approximate surface area is 67.3 Å². The van der Waals surface area contributed by atoms with Crippen LogP contribution in [0.5, 0.6) is 0 Å². The van der Waals surface area contributed by atoms with Crippen molar-refractivity contribution in [1.82, 2.24) is 0 Å². The van der Waals surface area contributed by atoms with E-state index in [9.17, 15) is 0 Å². The van der Waals surface area contributed by atoms with E-state index in [0.29, 0.717) is 0 Å². The molecule has 58 valence electrons. The molecule has 0 spiro atoms. The quantitative estimate of drug-likeness (QED) is 0.520. The average Bonchev–Trinajstić information content (AvgIpc) is 2.64. The van der Waals surface area contributed by atoms with Gasteiger partial charge in [0.1, 0.15) is 0 Å². The molecule has 0 aromatic carbocycles. The summed E-state index contributed by atoms with van der Waals surface area (Å²) in [6.07, 6.45) is 1.06. The summed E-state index contributed by atoms with van der Waals surface area (Å²) < 4.78 is 0. The Morgan fingerprint density at radius 1 is 0.909 bits per heavy atom. The zero-order valence-corrected chi connectivity index (χ0v) is 6.40. The Kier molecular flexibility index (Phi) is 4.65. The van der Waals surface area contributed by atoms with Gasteiger partial charge in [0.2, 0.25) is 0 Å². The summed E-state index contributed by atoms with van der Waals surface area (Å²) in [6, 6.07) is 6.00. The SMILES string of the molecule is C1COOC1.b1ccccc1. The van der Waals surface area contributed by atoms with Gasteiger partial charge in [-0.1, -0.05) is 0 Å². The first kappa shape index (κ1) is 8.43. The molecule has 0 amide bonds. The Balaban J connectivity index is 0.000000112. The van der Waals surface area contributed by atoms with Crippen LogP contribution in [0.2, 0.25) is 0 Å². The molecule has 1 aliphatic heterocycles. The second-order valence-electron chi connectivity index (χ2n) is 2.15. The first-order chi connectivity index (χ1) is 5.50. The first-order valence-electron chi connectivity index (χ1n) is 3.74. The Morgan fingerprint density at radius 2 is 1.55 bits per heavy atom. The van der Waals surface area contributed by atoms with Crippen molar-refractivity contribution in [3.05, 3.63) is 30.1 Å². The fraction of sp³-hybridized carbons (Fsp3) is 0.375. The Morgan fingerprint density at radius 3 is 1.73 bits per heavy atom. The van der Waals surface area contributed by atoms with E-state index in [1.807, 2.05) is 37.0 Å². The van der Waals surface area contributed by atoms with Crippen LogP contribution in [0, 0.1) is 0 Å². The van der Waals surface area contributed by atoms with Crippen LogP contribution in [-0.4, -0.2) is 20.1 Å². The zero-order chi connectivity index (χ0) is 7.78. The van der Waals surface area contributed by atoms with Gasteiger partial charge in [0.25, 0.3) is 0 Å². The minimum atomic E-state index is 0.778. The van der Waals surface area contributed by atoms with Crippen molar-refractivity contribution in [1.29, 1.82) is 0 Å². The summed E-state index contributed by atoms with van der Waals surface area (Å²) in [4.78, 5) is 8.89. The molecule has 11 heavy (non-hydrogen) atoms. The van der Waals surface area contributed by atoms with Gasteiger partial charge in [-0.25, -0.2) is 9.78 Å². The summed E-state index contributed by atoms with van der Waals surface area (Å²) in [5.41, 5.74) is 0. The summed E-state index contributed by atoms with van der Waals surface area (Å²) in [6.45, 7) is 3.56. The van der Waals surface area contributed by atoms with Crippen molar-refractivity contribution < 1.29 is 9.78 Å². The van der Waals surface area contributed by atoms with Gasteiger partial charge in [-0.05, 0) is 0 Å². The second-order valence-corrected chi connectivity index (χ2v) is 2.15. The molecule has 0 aliphatic carbocycles. The van der Waals surface area contributed by atoms with Crippen molar-refractivity contribution in [2.45, 2.75) is 6.42 Å². The molecule has 0 atom stereocenters. The standard InChI is InChI=1S/C5H5B.C3H6O2/c1-2-4-6-5-3-1;1-2-4-5-3-1/h1-5H;1-3H2.